The fraction of sp³-hybridized carbons (Fsp3) is 0.593. The molecule has 4 unspecified atom stereocenters. The fourth-order valence-corrected chi connectivity index (χ4v) is 6.44. The van der Waals surface area contributed by atoms with Crippen LogP contribution in [0.3, 0.4) is 0 Å². The Morgan fingerprint density at radius 2 is 1.93 bits per heavy atom. The van der Waals surface area contributed by atoms with Crippen LogP contribution in [0.15, 0.2) is 53.6 Å². The second-order valence-electron chi connectivity index (χ2n) is 10.4. The molecule has 0 saturated carbocycles. The maximum Gasteiger partial charge on any atom is 0.311 e. The number of rotatable bonds is 4. The normalized spacial score (nSPS) is 34.6. The average molecular weight is 406 g/mol. The predicted octanol–water partition coefficient (Wildman–Crippen LogP) is 5.18. The standard InChI is InChI=1S/C27H35NO2/c1-19-7-6-12-27(2)17-25-22(16-24(19)27)23(26(29)30-25)18-28-13-10-21(11-14-28)15-20-8-4-3-5-9-20/h3-5,7-9,16,21-23,25H,6,10-15,17-18H2,1-2H3. The van der Waals surface area contributed by atoms with Gasteiger partial charge in [-0.05, 0) is 81.0 Å². The lowest BCUT2D eigenvalue weighted by Crippen LogP contribution is -2.42. The summed E-state index contributed by atoms with van der Waals surface area (Å²) in [7, 11) is 0. The Morgan fingerprint density at radius 1 is 1.17 bits per heavy atom. The van der Waals surface area contributed by atoms with Gasteiger partial charge in [0.1, 0.15) is 6.10 Å². The molecule has 30 heavy (non-hydrogen) atoms. The average Bonchev–Trinajstić information content (AvgIpc) is 3.02. The lowest BCUT2D eigenvalue weighted by molar-refractivity contribution is -0.145. The summed E-state index contributed by atoms with van der Waals surface area (Å²) >= 11 is 0. The molecule has 160 valence electrons. The van der Waals surface area contributed by atoms with Crippen LogP contribution in [0.4, 0.5) is 0 Å². The van der Waals surface area contributed by atoms with Crippen molar-refractivity contribution in [1.29, 1.82) is 0 Å². The minimum absolute atomic E-state index is 0.00690. The molecule has 2 aliphatic heterocycles. The SMILES string of the molecule is CC1=CCCC2(C)CC3OC(=O)C(CN4CCC(Cc5ccccc5)CC4)C3C=C12. The number of nitrogens with zero attached hydrogens (tertiary/aromatic N) is 1. The van der Waals surface area contributed by atoms with Gasteiger partial charge in [-0.3, -0.25) is 4.79 Å². The van der Waals surface area contributed by atoms with E-state index in [1.807, 2.05) is 0 Å². The Labute approximate surface area is 181 Å². The fourth-order valence-electron chi connectivity index (χ4n) is 6.44. The second-order valence-corrected chi connectivity index (χ2v) is 10.4. The van der Waals surface area contributed by atoms with Crippen LogP contribution in [-0.4, -0.2) is 36.6 Å². The van der Waals surface area contributed by atoms with E-state index < -0.39 is 0 Å². The number of carbonyl (C=O) groups is 1. The zero-order valence-corrected chi connectivity index (χ0v) is 18.5. The summed E-state index contributed by atoms with van der Waals surface area (Å²) in [6.07, 6.45) is 11.8. The summed E-state index contributed by atoms with van der Waals surface area (Å²) in [5.74, 6) is 1.06. The lowest BCUT2D eigenvalue weighted by Gasteiger charge is -2.43. The van der Waals surface area contributed by atoms with Crippen LogP contribution >= 0.6 is 0 Å². The van der Waals surface area contributed by atoms with E-state index in [1.165, 1.54) is 42.4 Å². The first-order valence-corrected chi connectivity index (χ1v) is 11.9. The first-order chi connectivity index (χ1) is 14.5. The first-order valence-electron chi connectivity index (χ1n) is 11.9. The summed E-state index contributed by atoms with van der Waals surface area (Å²) in [5.41, 5.74) is 4.54. The third-order valence-electron chi connectivity index (χ3n) is 8.23. The number of hydrogen-bond acceptors (Lipinski definition) is 3. The van der Waals surface area contributed by atoms with Crippen LogP contribution < -0.4 is 0 Å². The number of likely N-dealkylation sites (tertiary alicyclic amines) is 1. The molecule has 2 saturated heterocycles. The third kappa shape index (κ3) is 3.77. The van der Waals surface area contributed by atoms with E-state index >= 15 is 0 Å². The minimum Gasteiger partial charge on any atom is -0.461 e. The van der Waals surface area contributed by atoms with E-state index in [0.29, 0.717) is 0 Å². The third-order valence-corrected chi connectivity index (χ3v) is 8.23. The molecule has 2 aliphatic carbocycles. The van der Waals surface area contributed by atoms with Gasteiger partial charge in [-0.15, -0.1) is 0 Å². The summed E-state index contributed by atoms with van der Waals surface area (Å²) in [6, 6.07) is 10.9. The molecule has 0 radical (unpaired) electrons. The molecule has 5 rings (SSSR count). The van der Waals surface area contributed by atoms with Gasteiger partial charge in [0.15, 0.2) is 0 Å². The first kappa shape index (κ1) is 20.1. The van der Waals surface area contributed by atoms with Gasteiger partial charge in [-0.25, -0.2) is 0 Å². The summed E-state index contributed by atoms with van der Waals surface area (Å²) < 4.78 is 5.94. The van der Waals surface area contributed by atoms with E-state index in [4.69, 9.17) is 4.74 Å². The van der Waals surface area contributed by atoms with Crippen LogP contribution in [0.25, 0.3) is 0 Å². The minimum atomic E-state index is 0.00690. The molecule has 1 aromatic rings. The molecule has 4 aliphatic rings. The van der Waals surface area contributed by atoms with Crippen molar-refractivity contribution in [3.8, 4) is 0 Å². The Bertz CT molecular complexity index is 849. The van der Waals surface area contributed by atoms with Crippen molar-refractivity contribution in [1.82, 2.24) is 4.90 Å². The second kappa shape index (κ2) is 8.00. The van der Waals surface area contributed by atoms with Crippen molar-refractivity contribution < 1.29 is 9.53 Å². The van der Waals surface area contributed by atoms with E-state index in [1.54, 1.807) is 0 Å². The highest BCUT2D eigenvalue weighted by Crippen LogP contribution is 2.52. The zero-order chi connectivity index (χ0) is 20.7. The molecule has 0 bridgehead atoms. The number of ether oxygens (including phenoxy) is 1. The predicted molar refractivity (Wildman–Crippen MR) is 120 cm³/mol. The number of benzene rings is 1. The van der Waals surface area contributed by atoms with Crippen LogP contribution in [0.5, 0.6) is 0 Å². The Kier molecular flexibility index (Phi) is 5.35. The van der Waals surface area contributed by atoms with Crippen LogP contribution in [0, 0.1) is 23.2 Å². The maximum atomic E-state index is 12.8. The van der Waals surface area contributed by atoms with Gasteiger partial charge in [0.05, 0.1) is 5.92 Å². The number of allylic oxidation sites excluding steroid dienone is 3. The largest absolute Gasteiger partial charge is 0.461 e. The molecule has 0 aromatic heterocycles. The topological polar surface area (TPSA) is 29.5 Å². The lowest BCUT2D eigenvalue weighted by atomic mass is 9.62. The Morgan fingerprint density at radius 3 is 2.70 bits per heavy atom. The molecule has 4 atom stereocenters. The van der Waals surface area contributed by atoms with Crippen molar-refractivity contribution in [2.75, 3.05) is 19.6 Å². The maximum absolute atomic E-state index is 12.8. The van der Waals surface area contributed by atoms with Gasteiger partial charge in [0.2, 0.25) is 0 Å². The van der Waals surface area contributed by atoms with E-state index in [9.17, 15) is 4.79 Å². The number of fused-ring (bicyclic) bond motifs is 2. The van der Waals surface area contributed by atoms with Gasteiger partial charge in [0, 0.05) is 12.5 Å². The highest BCUT2D eigenvalue weighted by Gasteiger charge is 2.51. The molecule has 1 aromatic carbocycles. The summed E-state index contributed by atoms with van der Waals surface area (Å²) in [6.45, 7) is 7.68. The van der Waals surface area contributed by atoms with Crippen molar-refractivity contribution in [3.05, 3.63) is 59.2 Å². The number of hydrogen-bond donors (Lipinski definition) is 0. The molecule has 3 heteroatoms. The summed E-state index contributed by atoms with van der Waals surface area (Å²) in [5, 5.41) is 0. The highest BCUT2D eigenvalue weighted by atomic mass is 16.6. The van der Waals surface area contributed by atoms with Gasteiger partial charge in [-0.2, -0.15) is 0 Å². The van der Waals surface area contributed by atoms with Crippen molar-refractivity contribution in [3.63, 3.8) is 0 Å². The van der Waals surface area contributed by atoms with E-state index in [2.05, 4.69) is 61.2 Å². The van der Waals surface area contributed by atoms with Gasteiger partial charge >= 0.3 is 5.97 Å². The molecule has 0 amide bonds. The molecular formula is C27H35NO2. The van der Waals surface area contributed by atoms with Crippen molar-refractivity contribution in [2.45, 2.75) is 58.5 Å². The van der Waals surface area contributed by atoms with Crippen LogP contribution in [0.2, 0.25) is 0 Å². The number of carbonyl (C=O) groups excluding carboxylic acids is 1. The van der Waals surface area contributed by atoms with Gasteiger partial charge in [0.25, 0.3) is 0 Å². The van der Waals surface area contributed by atoms with Crippen molar-refractivity contribution >= 4 is 5.97 Å². The van der Waals surface area contributed by atoms with E-state index in [0.717, 1.165) is 38.4 Å². The monoisotopic (exact) mass is 405 g/mol. The molecule has 0 N–H and O–H groups in total. The highest BCUT2D eigenvalue weighted by molar-refractivity contribution is 5.76. The molecule has 3 nitrogen and oxygen atoms in total. The van der Waals surface area contributed by atoms with Gasteiger partial charge < -0.3 is 9.64 Å². The Balaban J connectivity index is 1.23. The number of piperidine rings is 1. The van der Waals surface area contributed by atoms with Crippen molar-refractivity contribution in [2.24, 2.45) is 23.2 Å². The smallest absolute Gasteiger partial charge is 0.311 e. The quantitative estimate of drug-likeness (QED) is 0.647. The molecule has 2 heterocycles. The molecular weight excluding hydrogens is 370 g/mol. The van der Waals surface area contributed by atoms with E-state index in [-0.39, 0.29) is 29.3 Å². The van der Waals surface area contributed by atoms with Crippen LogP contribution in [-0.2, 0) is 16.0 Å². The molecule has 2 fully saturated rings. The van der Waals surface area contributed by atoms with Crippen LogP contribution in [0.1, 0.15) is 51.5 Å². The summed E-state index contributed by atoms with van der Waals surface area (Å²) in [4.78, 5) is 15.3. The molecule has 0 spiro atoms. The number of esters is 1. The zero-order valence-electron chi connectivity index (χ0n) is 18.5. The Hall–Kier alpha value is -1.87. The van der Waals surface area contributed by atoms with Gasteiger partial charge in [-0.1, -0.05) is 55.0 Å².